The number of esters is 1. The molecule has 0 spiro atoms. The third-order valence-electron chi connectivity index (χ3n) is 5.48. The van der Waals surface area contributed by atoms with Gasteiger partial charge in [0, 0.05) is 24.5 Å². The molecule has 0 bridgehead atoms. The lowest BCUT2D eigenvalue weighted by Gasteiger charge is -2.21. The molecule has 0 radical (unpaired) electrons. The number of fused-ring (bicyclic) bond motifs is 1. The summed E-state index contributed by atoms with van der Waals surface area (Å²) in [6, 6.07) is 11.7. The van der Waals surface area contributed by atoms with Crippen LogP contribution in [0, 0.1) is 5.92 Å². The summed E-state index contributed by atoms with van der Waals surface area (Å²) >= 11 is 0. The number of para-hydroxylation sites is 1. The van der Waals surface area contributed by atoms with Crippen LogP contribution in [-0.2, 0) is 16.0 Å². The Morgan fingerprint density at radius 1 is 1.19 bits per heavy atom. The van der Waals surface area contributed by atoms with Gasteiger partial charge >= 0.3 is 5.97 Å². The van der Waals surface area contributed by atoms with Crippen LogP contribution in [0.5, 0.6) is 0 Å². The Balaban J connectivity index is 1.52. The van der Waals surface area contributed by atoms with Crippen LogP contribution in [0.25, 0.3) is 0 Å². The summed E-state index contributed by atoms with van der Waals surface area (Å²) < 4.78 is 4.85. The number of pyridine rings is 1. The minimum Gasteiger partial charge on any atom is -0.469 e. The zero-order chi connectivity index (χ0) is 18.8. The Hall–Kier alpha value is -2.89. The van der Waals surface area contributed by atoms with E-state index in [9.17, 15) is 9.59 Å². The molecule has 1 aliphatic heterocycles. The first-order chi connectivity index (χ1) is 13.2. The second-order valence-corrected chi connectivity index (χ2v) is 7.11. The van der Waals surface area contributed by atoms with E-state index in [0.717, 1.165) is 24.9 Å². The van der Waals surface area contributed by atoms with E-state index >= 15 is 0 Å². The van der Waals surface area contributed by atoms with Crippen LogP contribution in [0.2, 0.25) is 0 Å². The molecule has 1 N–H and O–H groups in total. The van der Waals surface area contributed by atoms with E-state index in [4.69, 9.17) is 4.74 Å². The molecule has 1 aromatic heterocycles. The number of anilines is 2. The molecule has 6 heteroatoms. The van der Waals surface area contributed by atoms with Crippen molar-refractivity contribution in [2.75, 3.05) is 23.9 Å². The first kappa shape index (κ1) is 17.5. The summed E-state index contributed by atoms with van der Waals surface area (Å²) in [7, 11) is 1.42. The Labute approximate surface area is 158 Å². The van der Waals surface area contributed by atoms with Gasteiger partial charge in [0.15, 0.2) is 0 Å². The van der Waals surface area contributed by atoms with Gasteiger partial charge in [-0.05, 0) is 49.4 Å². The second-order valence-electron chi connectivity index (χ2n) is 7.11. The number of nitrogens with one attached hydrogen (secondary N) is 1. The van der Waals surface area contributed by atoms with Crippen molar-refractivity contribution in [3.63, 3.8) is 0 Å². The third kappa shape index (κ3) is 3.39. The first-order valence-electron chi connectivity index (χ1n) is 9.36. The largest absolute Gasteiger partial charge is 0.469 e. The molecule has 1 saturated carbocycles. The zero-order valence-electron chi connectivity index (χ0n) is 15.4. The Bertz CT molecular complexity index is 867. The average molecular weight is 365 g/mol. The molecule has 140 valence electrons. The maximum atomic E-state index is 13.2. The minimum atomic E-state index is -0.162. The number of methoxy groups -OCH3 is 1. The van der Waals surface area contributed by atoms with E-state index in [1.165, 1.54) is 12.7 Å². The Morgan fingerprint density at radius 3 is 2.89 bits per heavy atom. The molecule has 27 heavy (non-hydrogen) atoms. The number of carbonyl (C=O) groups is 2. The predicted octanol–water partition coefficient (Wildman–Crippen LogP) is 3.04. The molecular weight excluding hydrogens is 342 g/mol. The molecule has 2 heterocycles. The lowest BCUT2D eigenvalue weighted by atomic mass is 10.1. The van der Waals surface area contributed by atoms with Gasteiger partial charge in [-0.3, -0.25) is 9.59 Å². The number of hydrogen-bond donors (Lipinski definition) is 1. The molecule has 6 nitrogen and oxygen atoms in total. The van der Waals surface area contributed by atoms with Crippen LogP contribution in [0.4, 0.5) is 11.5 Å². The maximum Gasteiger partial charge on any atom is 0.308 e. The number of amides is 1. The van der Waals surface area contributed by atoms with E-state index in [1.807, 2.05) is 29.2 Å². The van der Waals surface area contributed by atoms with Crippen molar-refractivity contribution >= 4 is 23.4 Å². The SMILES string of the molecule is COC(=O)[C@H]1CC[C@@H](Nc2ncccc2C(=O)N2CCc3ccccc32)C1. The van der Waals surface area contributed by atoms with Crippen LogP contribution in [0.3, 0.4) is 0 Å². The highest BCUT2D eigenvalue weighted by Gasteiger charge is 2.32. The van der Waals surface area contributed by atoms with Crippen molar-refractivity contribution in [3.05, 3.63) is 53.7 Å². The normalized spacial score (nSPS) is 21.0. The van der Waals surface area contributed by atoms with E-state index in [-0.39, 0.29) is 23.8 Å². The number of rotatable bonds is 4. The zero-order valence-corrected chi connectivity index (χ0v) is 15.4. The van der Waals surface area contributed by atoms with Gasteiger partial charge in [0.2, 0.25) is 0 Å². The van der Waals surface area contributed by atoms with E-state index in [0.29, 0.717) is 24.3 Å². The summed E-state index contributed by atoms with van der Waals surface area (Å²) in [6.07, 6.45) is 4.90. The summed E-state index contributed by atoms with van der Waals surface area (Å²) in [6.45, 7) is 0.681. The highest BCUT2D eigenvalue weighted by Crippen LogP contribution is 2.32. The Kier molecular flexibility index (Phi) is 4.79. The van der Waals surface area contributed by atoms with Crippen molar-refractivity contribution < 1.29 is 14.3 Å². The number of ether oxygens (including phenoxy) is 1. The van der Waals surface area contributed by atoms with E-state index in [2.05, 4.69) is 16.4 Å². The highest BCUT2D eigenvalue weighted by molar-refractivity contribution is 6.10. The quantitative estimate of drug-likeness (QED) is 0.843. The maximum absolute atomic E-state index is 13.2. The fourth-order valence-corrected chi connectivity index (χ4v) is 4.07. The smallest absolute Gasteiger partial charge is 0.308 e. The lowest BCUT2D eigenvalue weighted by molar-refractivity contribution is -0.145. The molecule has 1 fully saturated rings. The monoisotopic (exact) mass is 365 g/mol. The lowest BCUT2D eigenvalue weighted by Crippen LogP contribution is -2.30. The minimum absolute atomic E-state index is 0.0435. The molecule has 0 saturated heterocycles. The van der Waals surface area contributed by atoms with Gasteiger partial charge in [0.25, 0.3) is 5.91 Å². The van der Waals surface area contributed by atoms with Gasteiger partial charge in [-0.15, -0.1) is 0 Å². The van der Waals surface area contributed by atoms with Gasteiger partial charge in [-0.2, -0.15) is 0 Å². The fraction of sp³-hybridized carbons (Fsp3) is 0.381. The van der Waals surface area contributed by atoms with Crippen LogP contribution in [-0.4, -0.2) is 36.6 Å². The summed E-state index contributed by atoms with van der Waals surface area (Å²) in [5.41, 5.74) is 2.74. The topological polar surface area (TPSA) is 71.5 Å². The number of carbonyl (C=O) groups excluding carboxylic acids is 2. The standard InChI is InChI=1S/C21H23N3O3/c1-27-21(26)15-8-9-16(13-15)23-19-17(6-4-11-22-19)20(25)24-12-10-14-5-2-3-7-18(14)24/h2-7,11,15-16H,8-10,12-13H2,1H3,(H,22,23)/t15-,16+/m0/s1. The molecule has 2 aliphatic rings. The molecule has 4 rings (SSSR count). The van der Waals surface area contributed by atoms with Crippen molar-refractivity contribution in [3.8, 4) is 0 Å². The van der Waals surface area contributed by atoms with Crippen molar-refractivity contribution in [2.45, 2.75) is 31.7 Å². The van der Waals surface area contributed by atoms with Crippen molar-refractivity contribution in [1.82, 2.24) is 4.98 Å². The number of benzene rings is 1. The first-order valence-corrected chi connectivity index (χ1v) is 9.36. The van der Waals surface area contributed by atoms with Crippen molar-refractivity contribution in [1.29, 1.82) is 0 Å². The number of hydrogen-bond acceptors (Lipinski definition) is 5. The third-order valence-corrected chi connectivity index (χ3v) is 5.48. The predicted molar refractivity (Wildman–Crippen MR) is 103 cm³/mol. The van der Waals surface area contributed by atoms with Gasteiger partial charge in [-0.25, -0.2) is 4.98 Å². The summed E-state index contributed by atoms with van der Waals surface area (Å²) in [4.78, 5) is 31.2. The van der Waals surface area contributed by atoms with Crippen LogP contribution < -0.4 is 10.2 Å². The number of nitrogens with zero attached hydrogens (tertiary/aromatic N) is 2. The van der Waals surface area contributed by atoms with Gasteiger partial charge in [-0.1, -0.05) is 18.2 Å². The summed E-state index contributed by atoms with van der Waals surface area (Å²) in [5.74, 6) is 0.298. The van der Waals surface area contributed by atoms with Crippen LogP contribution in [0.1, 0.15) is 35.2 Å². The van der Waals surface area contributed by atoms with Gasteiger partial charge < -0.3 is 15.0 Å². The molecule has 1 aliphatic carbocycles. The molecule has 0 unspecified atom stereocenters. The van der Waals surface area contributed by atoms with Crippen LogP contribution >= 0.6 is 0 Å². The van der Waals surface area contributed by atoms with Crippen LogP contribution in [0.15, 0.2) is 42.6 Å². The van der Waals surface area contributed by atoms with E-state index in [1.54, 1.807) is 12.3 Å². The number of aromatic nitrogens is 1. The molecule has 2 aromatic rings. The molecule has 1 amide bonds. The fourth-order valence-electron chi connectivity index (χ4n) is 4.07. The van der Waals surface area contributed by atoms with Gasteiger partial charge in [0.05, 0.1) is 18.6 Å². The molecular formula is C21H23N3O3. The highest BCUT2D eigenvalue weighted by atomic mass is 16.5. The summed E-state index contributed by atoms with van der Waals surface area (Å²) in [5, 5.41) is 3.38. The van der Waals surface area contributed by atoms with Gasteiger partial charge in [0.1, 0.15) is 5.82 Å². The van der Waals surface area contributed by atoms with E-state index < -0.39 is 0 Å². The molecule has 1 aromatic carbocycles. The molecule has 2 atom stereocenters. The second kappa shape index (κ2) is 7.39. The van der Waals surface area contributed by atoms with Crippen molar-refractivity contribution in [2.24, 2.45) is 5.92 Å². The Morgan fingerprint density at radius 2 is 2.04 bits per heavy atom. The average Bonchev–Trinajstić information content (AvgIpc) is 3.34.